The predicted molar refractivity (Wildman–Crippen MR) is 116 cm³/mol. The summed E-state index contributed by atoms with van der Waals surface area (Å²) in [5, 5.41) is 16.3. The molecule has 3 N–H and O–H groups in total. The van der Waals surface area contributed by atoms with Gasteiger partial charge in [-0.1, -0.05) is 26.0 Å². The fourth-order valence-corrected chi connectivity index (χ4v) is 3.27. The molecule has 2 heterocycles. The molecule has 0 unspecified atom stereocenters. The quantitative estimate of drug-likeness (QED) is 0.487. The SMILES string of the molecule is CSc1ccccc1Nc1cc(-c2ccncc2)nc(N[C@H](CO)C(C)C)n1. The molecule has 0 aliphatic carbocycles. The Hall–Kier alpha value is -2.64. The van der Waals surface area contributed by atoms with Gasteiger partial charge in [-0.25, -0.2) is 4.98 Å². The van der Waals surface area contributed by atoms with Gasteiger partial charge in [-0.05, 0) is 36.4 Å². The van der Waals surface area contributed by atoms with E-state index in [1.165, 1.54) is 0 Å². The number of rotatable bonds is 8. The number of hydrogen-bond donors (Lipinski definition) is 3. The van der Waals surface area contributed by atoms with Crippen LogP contribution in [-0.4, -0.2) is 39.0 Å². The zero-order valence-corrected chi connectivity index (χ0v) is 17.1. The first-order valence-electron chi connectivity index (χ1n) is 9.17. The van der Waals surface area contributed by atoms with Gasteiger partial charge >= 0.3 is 0 Å². The molecule has 28 heavy (non-hydrogen) atoms. The molecule has 0 radical (unpaired) electrons. The second-order valence-electron chi connectivity index (χ2n) is 6.70. The van der Waals surface area contributed by atoms with Gasteiger partial charge in [-0.3, -0.25) is 4.98 Å². The fourth-order valence-electron chi connectivity index (χ4n) is 2.72. The Labute approximate surface area is 169 Å². The summed E-state index contributed by atoms with van der Waals surface area (Å²) in [5.74, 6) is 1.41. The van der Waals surface area contributed by atoms with E-state index in [4.69, 9.17) is 0 Å². The molecule has 2 aromatic heterocycles. The molecule has 0 fully saturated rings. The number of para-hydroxylation sites is 1. The highest BCUT2D eigenvalue weighted by Crippen LogP contribution is 2.29. The summed E-state index contributed by atoms with van der Waals surface area (Å²) in [6.07, 6.45) is 5.53. The summed E-state index contributed by atoms with van der Waals surface area (Å²) >= 11 is 1.67. The lowest BCUT2D eigenvalue weighted by atomic mass is 10.1. The van der Waals surface area contributed by atoms with Crippen LogP contribution < -0.4 is 10.6 Å². The van der Waals surface area contributed by atoms with E-state index in [1.54, 1.807) is 24.2 Å². The zero-order valence-electron chi connectivity index (χ0n) is 16.3. The molecular weight excluding hydrogens is 370 g/mol. The predicted octanol–water partition coefficient (Wildman–Crippen LogP) is 4.43. The lowest BCUT2D eigenvalue weighted by Gasteiger charge is -2.21. The second-order valence-corrected chi connectivity index (χ2v) is 7.55. The van der Waals surface area contributed by atoms with Crippen molar-refractivity contribution in [2.75, 3.05) is 23.5 Å². The number of hydrogen-bond acceptors (Lipinski definition) is 7. The van der Waals surface area contributed by atoms with E-state index in [0.29, 0.717) is 11.8 Å². The molecule has 0 aliphatic heterocycles. The van der Waals surface area contributed by atoms with Gasteiger partial charge in [0.2, 0.25) is 5.95 Å². The van der Waals surface area contributed by atoms with Crippen molar-refractivity contribution in [2.45, 2.75) is 24.8 Å². The molecule has 3 aromatic rings. The highest BCUT2D eigenvalue weighted by Gasteiger charge is 2.15. The Bertz CT molecular complexity index is 904. The van der Waals surface area contributed by atoms with Gasteiger partial charge in [0.15, 0.2) is 0 Å². The van der Waals surface area contributed by atoms with Crippen LogP contribution in [0.5, 0.6) is 0 Å². The number of benzene rings is 1. The van der Waals surface area contributed by atoms with Crippen LogP contribution in [0, 0.1) is 5.92 Å². The molecule has 6 nitrogen and oxygen atoms in total. The second kappa shape index (κ2) is 9.52. The maximum atomic E-state index is 9.67. The monoisotopic (exact) mass is 395 g/mol. The van der Waals surface area contributed by atoms with E-state index in [1.807, 2.05) is 42.7 Å². The zero-order chi connectivity index (χ0) is 19.9. The average Bonchev–Trinajstić information content (AvgIpc) is 2.72. The summed E-state index contributed by atoms with van der Waals surface area (Å²) in [7, 11) is 0. The van der Waals surface area contributed by atoms with Gasteiger partial charge in [0.25, 0.3) is 0 Å². The number of pyridine rings is 1. The molecule has 0 saturated carbocycles. The van der Waals surface area contributed by atoms with Crippen LogP contribution in [-0.2, 0) is 0 Å². The van der Waals surface area contributed by atoms with Crippen LogP contribution in [0.3, 0.4) is 0 Å². The molecule has 0 bridgehead atoms. The molecule has 0 saturated heterocycles. The molecule has 146 valence electrons. The van der Waals surface area contributed by atoms with Crippen molar-refractivity contribution in [3.63, 3.8) is 0 Å². The minimum Gasteiger partial charge on any atom is -0.394 e. The van der Waals surface area contributed by atoms with Gasteiger partial charge in [-0.15, -0.1) is 11.8 Å². The maximum Gasteiger partial charge on any atom is 0.225 e. The number of aromatic nitrogens is 3. The lowest BCUT2D eigenvalue weighted by molar-refractivity contribution is 0.248. The Balaban J connectivity index is 1.99. The standard InChI is InChI=1S/C21H25N5OS/c1-14(2)18(13-27)25-21-24-17(15-8-10-22-11-9-15)12-20(26-21)23-16-6-4-5-7-19(16)28-3/h4-12,14,18,27H,13H2,1-3H3,(H2,23,24,25,26)/t18-/m1/s1. The highest BCUT2D eigenvalue weighted by molar-refractivity contribution is 7.98. The number of thioether (sulfide) groups is 1. The largest absolute Gasteiger partial charge is 0.394 e. The molecular formula is C21H25N5OS. The molecule has 0 amide bonds. The third-order valence-corrected chi connectivity index (χ3v) is 5.18. The summed E-state index contributed by atoms with van der Waals surface area (Å²) in [4.78, 5) is 14.5. The van der Waals surface area contributed by atoms with Gasteiger partial charge in [0, 0.05) is 28.9 Å². The molecule has 7 heteroatoms. The van der Waals surface area contributed by atoms with Crippen LogP contribution in [0.25, 0.3) is 11.3 Å². The van der Waals surface area contributed by atoms with E-state index in [9.17, 15) is 5.11 Å². The van der Waals surface area contributed by atoms with Crippen molar-refractivity contribution >= 4 is 29.2 Å². The van der Waals surface area contributed by atoms with Crippen molar-refractivity contribution < 1.29 is 5.11 Å². The summed E-state index contributed by atoms with van der Waals surface area (Å²) < 4.78 is 0. The maximum absolute atomic E-state index is 9.67. The molecule has 0 aliphatic rings. The normalized spacial score (nSPS) is 12.0. The van der Waals surface area contributed by atoms with Crippen LogP contribution in [0.1, 0.15) is 13.8 Å². The minimum atomic E-state index is -0.126. The fraction of sp³-hybridized carbons (Fsp3) is 0.286. The van der Waals surface area contributed by atoms with Crippen molar-refractivity contribution in [1.82, 2.24) is 15.0 Å². The number of nitrogens with one attached hydrogen (secondary N) is 2. The third kappa shape index (κ3) is 4.99. The molecule has 3 rings (SSSR count). The number of aliphatic hydroxyl groups excluding tert-OH is 1. The first kappa shape index (κ1) is 20.1. The van der Waals surface area contributed by atoms with E-state index >= 15 is 0 Å². The van der Waals surface area contributed by atoms with Crippen molar-refractivity contribution in [1.29, 1.82) is 0 Å². The molecule has 1 atom stereocenters. The van der Waals surface area contributed by atoms with Gasteiger partial charge < -0.3 is 15.7 Å². The highest BCUT2D eigenvalue weighted by atomic mass is 32.2. The van der Waals surface area contributed by atoms with Crippen LogP contribution >= 0.6 is 11.8 Å². The van der Waals surface area contributed by atoms with Crippen LogP contribution in [0.2, 0.25) is 0 Å². The first-order chi connectivity index (χ1) is 13.6. The van der Waals surface area contributed by atoms with Gasteiger partial charge in [-0.2, -0.15) is 4.98 Å². The Kier molecular flexibility index (Phi) is 6.84. The van der Waals surface area contributed by atoms with Crippen molar-refractivity contribution in [2.24, 2.45) is 5.92 Å². The first-order valence-corrected chi connectivity index (χ1v) is 10.4. The smallest absolute Gasteiger partial charge is 0.225 e. The van der Waals surface area contributed by atoms with E-state index in [0.717, 1.165) is 21.8 Å². The summed E-state index contributed by atoms with van der Waals surface area (Å²) in [5.41, 5.74) is 2.72. The van der Waals surface area contributed by atoms with E-state index in [2.05, 4.69) is 45.5 Å². The average molecular weight is 396 g/mol. The van der Waals surface area contributed by atoms with Crippen LogP contribution in [0.4, 0.5) is 17.5 Å². The summed E-state index contributed by atoms with van der Waals surface area (Å²) in [6, 6.07) is 13.7. The van der Waals surface area contributed by atoms with Crippen molar-refractivity contribution in [3.8, 4) is 11.3 Å². The van der Waals surface area contributed by atoms with Crippen molar-refractivity contribution in [3.05, 3.63) is 54.9 Å². The van der Waals surface area contributed by atoms with Crippen LogP contribution in [0.15, 0.2) is 59.8 Å². The van der Waals surface area contributed by atoms with E-state index < -0.39 is 0 Å². The Morgan fingerprint density at radius 1 is 1.07 bits per heavy atom. The topological polar surface area (TPSA) is 83.0 Å². The molecule has 0 spiro atoms. The summed E-state index contributed by atoms with van der Waals surface area (Å²) in [6.45, 7) is 4.11. The lowest BCUT2D eigenvalue weighted by Crippen LogP contribution is -2.30. The third-order valence-electron chi connectivity index (χ3n) is 4.39. The van der Waals surface area contributed by atoms with Gasteiger partial charge in [0.1, 0.15) is 5.82 Å². The van der Waals surface area contributed by atoms with E-state index in [-0.39, 0.29) is 18.6 Å². The number of anilines is 3. The molecule has 1 aromatic carbocycles. The number of nitrogens with zero attached hydrogens (tertiary/aromatic N) is 3. The van der Waals surface area contributed by atoms with Gasteiger partial charge in [0.05, 0.1) is 24.0 Å². The Morgan fingerprint density at radius 3 is 2.50 bits per heavy atom. The minimum absolute atomic E-state index is 0.0125. The Morgan fingerprint density at radius 2 is 1.82 bits per heavy atom. The number of aliphatic hydroxyl groups is 1.